The summed E-state index contributed by atoms with van der Waals surface area (Å²) >= 11 is 0. The maximum Gasteiger partial charge on any atom is 0.214 e. The first-order chi connectivity index (χ1) is 11.6. The summed E-state index contributed by atoms with van der Waals surface area (Å²) in [5, 5.41) is 6.77. The Bertz CT molecular complexity index is 520. The first kappa shape index (κ1) is 22.2. The fraction of sp³-hybridized carbons (Fsp3) is 0.778. The average Bonchev–Trinajstić information content (AvgIpc) is 3.16. The van der Waals surface area contributed by atoms with Gasteiger partial charge in [-0.2, -0.15) is 0 Å². The van der Waals surface area contributed by atoms with Crippen LogP contribution in [0.4, 0.5) is 0 Å². The highest BCUT2D eigenvalue weighted by Crippen LogP contribution is 2.40. The molecule has 144 valence electrons. The lowest BCUT2D eigenvalue weighted by atomic mass is 9.83. The third-order valence-corrected chi connectivity index (χ3v) is 4.98. The van der Waals surface area contributed by atoms with Gasteiger partial charge in [-0.25, -0.2) is 4.98 Å². The molecule has 6 nitrogen and oxygen atoms in total. The number of oxazole rings is 1. The van der Waals surface area contributed by atoms with E-state index in [4.69, 9.17) is 9.15 Å². The monoisotopic (exact) mass is 464 g/mol. The summed E-state index contributed by atoms with van der Waals surface area (Å²) in [7, 11) is 1.79. The quantitative estimate of drug-likeness (QED) is 0.267. The molecule has 0 saturated heterocycles. The minimum atomic E-state index is 0. The summed E-state index contributed by atoms with van der Waals surface area (Å²) in [4.78, 5) is 8.70. The number of halogens is 1. The third-order valence-electron chi connectivity index (χ3n) is 4.98. The molecule has 1 saturated carbocycles. The summed E-state index contributed by atoms with van der Waals surface area (Å²) < 4.78 is 11.2. The van der Waals surface area contributed by atoms with Gasteiger partial charge in [-0.05, 0) is 45.4 Å². The van der Waals surface area contributed by atoms with Crippen LogP contribution in [0, 0.1) is 19.3 Å². The Labute approximate surface area is 168 Å². The molecule has 0 aromatic carbocycles. The lowest BCUT2D eigenvalue weighted by Crippen LogP contribution is -2.43. The smallest absolute Gasteiger partial charge is 0.214 e. The van der Waals surface area contributed by atoms with E-state index in [0.717, 1.165) is 43.6 Å². The molecule has 0 unspecified atom stereocenters. The number of aromatic nitrogens is 1. The van der Waals surface area contributed by atoms with E-state index in [2.05, 4.69) is 27.5 Å². The van der Waals surface area contributed by atoms with Crippen molar-refractivity contribution < 1.29 is 9.15 Å². The van der Waals surface area contributed by atoms with Crippen LogP contribution in [-0.2, 0) is 11.3 Å². The van der Waals surface area contributed by atoms with E-state index in [9.17, 15) is 0 Å². The number of hydrogen-bond donors (Lipinski definition) is 2. The van der Waals surface area contributed by atoms with Gasteiger partial charge in [0, 0.05) is 26.8 Å². The highest BCUT2D eigenvalue weighted by molar-refractivity contribution is 14.0. The minimum absolute atomic E-state index is 0. The molecular weight excluding hydrogens is 431 g/mol. The largest absolute Gasteiger partial charge is 0.444 e. The van der Waals surface area contributed by atoms with Crippen LogP contribution in [0.15, 0.2) is 9.41 Å². The van der Waals surface area contributed by atoms with Crippen molar-refractivity contribution in [3.05, 3.63) is 17.3 Å². The standard InChI is InChI=1S/C18H32N4O2.HI/c1-5-23-11-10-18(8-6-7-9-18)13-21-17(19-4)20-12-16-22-14(2)15(3)24-16;/h5-13H2,1-4H3,(H2,19,20,21);1H. The van der Waals surface area contributed by atoms with Crippen LogP contribution < -0.4 is 10.6 Å². The van der Waals surface area contributed by atoms with E-state index >= 15 is 0 Å². The van der Waals surface area contributed by atoms with Crippen LogP contribution in [0.5, 0.6) is 0 Å². The van der Waals surface area contributed by atoms with Gasteiger partial charge in [0.2, 0.25) is 5.89 Å². The van der Waals surface area contributed by atoms with Crippen LogP contribution in [-0.4, -0.2) is 37.7 Å². The van der Waals surface area contributed by atoms with E-state index < -0.39 is 0 Å². The van der Waals surface area contributed by atoms with Gasteiger partial charge in [-0.3, -0.25) is 4.99 Å². The van der Waals surface area contributed by atoms with Crippen molar-refractivity contribution >= 4 is 29.9 Å². The molecule has 0 spiro atoms. The normalized spacial score (nSPS) is 16.6. The Balaban J connectivity index is 0.00000312. The predicted octanol–water partition coefficient (Wildman–Crippen LogP) is 3.56. The fourth-order valence-corrected chi connectivity index (χ4v) is 3.34. The van der Waals surface area contributed by atoms with Crippen molar-refractivity contribution in [2.75, 3.05) is 26.8 Å². The van der Waals surface area contributed by atoms with Crippen molar-refractivity contribution in [3.8, 4) is 0 Å². The Kier molecular flexibility index (Phi) is 9.78. The molecule has 1 aliphatic carbocycles. The van der Waals surface area contributed by atoms with E-state index in [0.29, 0.717) is 17.9 Å². The number of rotatable bonds is 8. The first-order valence-electron chi connectivity index (χ1n) is 9.04. The number of aliphatic imine (C=N–C) groups is 1. The number of nitrogens with zero attached hydrogens (tertiary/aromatic N) is 2. The number of aryl methyl sites for hydroxylation is 2. The molecule has 25 heavy (non-hydrogen) atoms. The third kappa shape index (κ3) is 6.77. The van der Waals surface area contributed by atoms with Crippen molar-refractivity contribution in [1.29, 1.82) is 0 Å². The van der Waals surface area contributed by atoms with Crippen LogP contribution in [0.3, 0.4) is 0 Å². The molecule has 0 atom stereocenters. The van der Waals surface area contributed by atoms with Crippen LogP contribution in [0.2, 0.25) is 0 Å². The fourth-order valence-electron chi connectivity index (χ4n) is 3.34. The molecule has 0 bridgehead atoms. The second kappa shape index (κ2) is 11.0. The maximum absolute atomic E-state index is 5.60. The molecule has 1 aliphatic rings. The zero-order chi connectivity index (χ0) is 17.4. The maximum atomic E-state index is 5.60. The van der Waals surface area contributed by atoms with Crippen molar-refractivity contribution in [3.63, 3.8) is 0 Å². The summed E-state index contributed by atoms with van der Waals surface area (Å²) in [6, 6.07) is 0. The second-order valence-electron chi connectivity index (χ2n) is 6.68. The van der Waals surface area contributed by atoms with E-state index in [-0.39, 0.29) is 24.0 Å². The van der Waals surface area contributed by atoms with Gasteiger partial charge in [-0.1, -0.05) is 12.8 Å². The van der Waals surface area contributed by atoms with Gasteiger partial charge in [0.25, 0.3) is 0 Å². The Morgan fingerprint density at radius 1 is 1.28 bits per heavy atom. The van der Waals surface area contributed by atoms with Crippen LogP contribution in [0.1, 0.15) is 56.4 Å². The molecule has 1 heterocycles. The topological polar surface area (TPSA) is 71.7 Å². The molecule has 2 rings (SSSR count). The zero-order valence-electron chi connectivity index (χ0n) is 16.0. The van der Waals surface area contributed by atoms with Crippen molar-refractivity contribution in [2.45, 2.75) is 59.4 Å². The Morgan fingerprint density at radius 2 is 2.00 bits per heavy atom. The second-order valence-corrected chi connectivity index (χ2v) is 6.68. The van der Waals surface area contributed by atoms with E-state index in [1.807, 2.05) is 13.8 Å². The van der Waals surface area contributed by atoms with E-state index in [1.165, 1.54) is 25.7 Å². The van der Waals surface area contributed by atoms with Gasteiger partial charge in [0.15, 0.2) is 5.96 Å². The van der Waals surface area contributed by atoms with E-state index in [1.54, 1.807) is 7.05 Å². The molecule has 0 radical (unpaired) electrons. The highest BCUT2D eigenvalue weighted by atomic mass is 127. The van der Waals surface area contributed by atoms with Gasteiger partial charge >= 0.3 is 0 Å². The Hall–Kier alpha value is -0.830. The number of hydrogen-bond acceptors (Lipinski definition) is 4. The molecule has 7 heteroatoms. The lowest BCUT2D eigenvalue weighted by Gasteiger charge is -2.30. The first-order valence-corrected chi connectivity index (χ1v) is 9.04. The number of guanidine groups is 1. The number of ether oxygens (including phenoxy) is 1. The molecule has 2 N–H and O–H groups in total. The lowest BCUT2D eigenvalue weighted by molar-refractivity contribution is 0.105. The van der Waals surface area contributed by atoms with Gasteiger partial charge in [0.05, 0.1) is 12.2 Å². The van der Waals surface area contributed by atoms with Gasteiger partial charge in [-0.15, -0.1) is 24.0 Å². The minimum Gasteiger partial charge on any atom is -0.444 e. The Morgan fingerprint density at radius 3 is 2.56 bits per heavy atom. The summed E-state index contributed by atoms with van der Waals surface area (Å²) in [5.74, 6) is 2.36. The highest BCUT2D eigenvalue weighted by Gasteiger charge is 2.33. The summed E-state index contributed by atoms with van der Waals surface area (Å²) in [6.45, 7) is 9.06. The van der Waals surface area contributed by atoms with Gasteiger partial charge < -0.3 is 19.8 Å². The predicted molar refractivity (Wildman–Crippen MR) is 112 cm³/mol. The number of nitrogens with one attached hydrogen (secondary N) is 2. The van der Waals surface area contributed by atoms with Crippen molar-refractivity contribution in [2.24, 2.45) is 10.4 Å². The molecule has 1 aromatic rings. The molecule has 0 aliphatic heterocycles. The van der Waals surface area contributed by atoms with Crippen LogP contribution >= 0.6 is 24.0 Å². The zero-order valence-corrected chi connectivity index (χ0v) is 18.3. The van der Waals surface area contributed by atoms with Crippen LogP contribution in [0.25, 0.3) is 0 Å². The van der Waals surface area contributed by atoms with Gasteiger partial charge in [0.1, 0.15) is 5.76 Å². The summed E-state index contributed by atoms with van der Waals surface area (Å²) in [6.07, 6.45) is 6.27. The average molecular weight is 464 g/mol. The SMILES string of the molecule is CCOCCC1(CNC(=NC)NCc2nc(C)c(C)o2)CCCC1.I. The van der Waals surface area contributed by atoms with Crippen molar-refractivity contribution in [1.82, 2.24) is 15.6 Å². The molecule has 0 amide bonds. The molecular formula is C18H33IN4O2. The molecule has 1 fully saturated rings. The summed E-state index contributed by atoms with van der Waals surface area (Å²) in [5.41, 5.74) is 1.28. The molecule has 1 aromatic heterocycles.